The predicted molar refractivity (Wildman–Crippen MR) is 44.6 cm³/mol. The van der Waals surface area contributed by atoms with Crippen LogP contribution in [0.2, 0.25) is 0 Å². The zero-order valence-corrected chi connectivity index (χ0v) is 6.87. The monoisotopic (exact) mass is 168 g/mol. The lowest BCUT2D eigenvalue weighted by Gasteiger charge is -2.09. The number of hydrogen-bond donors (Lipinski definition) is 3. The SMILES string of the molecule is C[C@H](CN)NC(=O)c1cn[nH]c1. The summed E-state index contributed by atoms with van der Waals surface area (Å²) in [5.41, 5.74) is 5.86. The molecule has 1 heterocycles. The summed E-state index contributed by atoms with van der Waals surface area (Å²) < 4.78 is 0. The Labute approximate surface area is 70.3 Å². The van der Waals surface area contributed by atoms with Crippen molar-refractivity contribution in [2.45, 2.75) is 13.0 Å². The van der Waals surface area contributed by atoms with Gasteiger partial charge >= 0.3 is 0 Å². The Bertz CT molecular complexity index is 244. The molecule has 0 aliphatic carbocycles. The van der Waals surface area contributed by atoms with Crippen LogP contribution in [-0.2, 0) is 0 Å². The molecule has 1 atom stereocenters. The number of rotatable bonds is 3. The minimum Gasteiger partial charge on any atom is -0.348 e. The highest BCUT2D eigenvalue weighted by Crippen LogP contribution is 1.93. The van der Waals surface area contributed by atoms with Crippen molar-refractivity contribution in [2.75, 3.05) is 6.54 Å². The Kier molecular flexibility index (Phi) is 2.82. The fourth-order valence-corrected chi connectivity index (χ4v) is 0.741. The summed E-state index contributed by atoms with van der Waals surface area (Å²) in [5.74, 6) is -0.151. The second-order valence-electron chi connectivity index (χ2n) is 2.60. The number of nitrogens with one attached hydrogen (secondary N) is 2. The molecule has 1 rings (SSSR count). The number of carbonyl (C=O) groups is 1. The average molecular weight is 168 g/mol. The molecule has 66 valence electrons. The largest absolute Gasteiger partial charge is 0.348 e. The molecule has 0 aliphatic rings. The number of H-pyrrole nitrogens is 1. The van der Waals surface area contributed by atoms with Gasteiger partial charge in [0.15, 0.2) is 0 Å². The van der Waals surface area contributed by atoms with Gasteiger partial charge in [-0.15, -0.1) is 0 Å². The normalized spacial score (nSPS) is 12.5. The van der Waals surface area contributed by atoms with Crippen molar-refractivity contribution in [2.24, 2.45) is 5.73 Å². The van der Waals surface area contributed by atoms with E-state index in [0.717, 1.165) is 0 Å². The van der Waals surface area contributed by atoms with Crippen LogP contribution in [0.4, 0.5) is 0 Å². The van der Waals surface area contributed by atoms with Crippen molar-refractivity contribution >= 4 is 5.91 Å². The summed E-state index contributed by atoms with van der Waals surface area (Å²) in [4.78, 5) is 11.2. The van der Waals surface area contributed by atoms with Crippen LogP contribution in [0.3, 0.4) is 0 Å². The van der Waals surface area contributed by atoms with Crippen molar-refractivity contribution in [3.63, 3.8) is 0 Å². The number of carbonyl (C=O) groups excluding carboxylic acids is 1. The fourth-order valence-electron chi connectivity index (χ4n) is 0.741. The molecule has 4 N–H and O–H groups in total. The van der Waals surface area contributed by atoms with E-state index in [4.69, 9.17) is 5.73 Å². The molecular weight excluding hydrogens is 156 g/mol. The molecule has 0 bridgehead atoms. The number of nitrogens with zero attached hydrogens (tertiary/aromatic N) is 1. The highest BCUT2D eigenvalue weighted by atomic mass is 16.1. The summed E-state index contributed by atoms with van der Waals surface area (Å²) in [5, 5.41) is 8.93. The van der Waals surface area contributed by atoms with Gasteiger partial charge in [-0.2, -0.15) is 5.10 Å². The summed E-state index contributed by atoms with van der Waals surface area (Å²) >= 11 is 0. The van der Waals surface area contributed by atoms with Crippen LogP contribution in [0.5, 0.6) is 0 Å². The average Bonchev–Trinajstić information content (AvgIpc) is 2.56. The van der Waals surface area contributed by atoms with Gasteiger partial charge in [0.05, 0.1) is 11.8 Å². The van der Waals surface area contributed by atoms with E-state index in [1.807, 2.05) is 6.92 Å². The van der Waals surface area contributed by atoms with E-state index in [1.54, 1.807) is 6.20 Å². The molecule has 0 aromatic carbocycles. The van der Waals surface area contributed by atoms with Gasteiger partial charge in [-0.1, -0.05) is 0 Å². The Balaban J connectivity index is 2.50. The first-order valence-corrected chi connectivity index (χ1v) is 3.73. The van der Waals surface area contributed by atoms with Crippen molar-refractivity contribution in [3.05, 3.63) is 18.0 Å². The van der Waals surface area contributed by atoms with Crippen LogP contribution in [0.15, 0.2) is 12.4 Å². The topological polar surface area (TPSA) is 83.8 Å². The second kappa shape index (κ2) is 3.87. The third-order valence-electron chi connectivity index (χ3n) is 1.49. The number of amides is 1. The Morgan fingerprint density at radius 3 is 3.17 bits per heavy atom. The van der Waals surface area contributed by atoms with Crippen LogP contribution < -0.4 is 11.1 Å². The molecule has 1 aromatic heterocycles. The zero-order chi connectivity index (χ0) is 8.97. The van der Waals surface area contributed by atoms with E-state index in [2.05, 4.69) is 15.5 Å². The van der Waals surface area contributed by atoms with Gasteiger partial charge in [0.25, 0.3) is 5.91 Å². The number of hydrogen-bond acceptors (Lipinski definition) is 3. The molecule has 5 heteroatoms. The van der Waals surface area contributed by atoms with Crippen molar-refractivity contribution in [1.82, 2.24) is 15.5 Å². The van der Waals surface area contributed by atoms with Gasteiger partial charge in [0.2, 0.25) is 0 Å². The molecule has 0 aliphatic heterocycles. The molecule has 0 fully saturated rings. The van der Waals surface area contributed by atoms with E-state index in [0.29, 0.717) is 12.1 Å². The molecule has 0 spiro atoms. The molecule has 12 heavy (non-hydrogen) atoms. The van der Waals surface area contributed by atoms with E-state index in [9.17, 15) is 4.79 Å². The van der Waals surface area contributed by atoms with Crippen molar-refractivity contribution in [1.29, 1.82) is 0 Å². The Hall–Kier alpha value is -1.36. The lowest BCUT2D eigenvalue weighted by Crippen LogP contribution is -2.37. The Morgan fingerprint density at radius 1 is 1.92 bits per heavy atom. The summed E-state index contributed by atoms with van der Waals surface area (Å²) in [6, 6.07) is -0.00704. The highest BCUT2D eigenvalue weighted by molar-refractivity contribution is 5.93. The van der Waals surface area contributed by atoms with E-state index in [1.165, 1.54) is 6.20 Å². The van der Waals surface area contributed by atoms with Crippen LogP contribution in [0.25, 0.3) is 0 Å². The van der Waals surface area contributed by atoms with Crippen LogP contribution >= 0.6 is 0 Å². The van der Waals surface area contributed by atoms with Crippen LogP contribution in [0.1, 0.15) is 17.3 Å². The first kappa shape index (κ1) is 8.73. The number of nitrogens with two attached hydrogens (primary N) is 1. The third-order valence-corrected chi connectivity index (χ3v) is 1.49. The van der Waals surface area contributed by atoms with Gasteiger partial charge in [0, 0.05) is 18.8 Å². The quantitative estimate of drug-likeness (QED) is 0.568. The second-order valence-corrected chi connectivity index (χ2v) is 2.60. The molecular formula is C7H12N4O. The predicted octanol–water partition coefficient (Wildman–Crippen LogP) is -0.513. The zero-order valence-electron chi connectivity index (χ0n) is 6.87. The van der Waals surface area contributed by atoms with E-state index >= 15 is 0 Å². The smallest absolute Gasteiger partial charge is 0.254 e. The van der Waals surface area contributed by atoms with Crippen LogP contribution in [0, 0.1) is 0 Å². The van der Waals surface area contributed by atoms with E-state index < -0.39 is 0 Å². The van der Waals surface area contributed by atoms with Gasteiger partial charge in [-0.3, -0.25) is 9.89 Å². The van der Waals surface area contributed by atoms with Gasteiger partial charge < -0.3 is 11.1 Å². The summed E-state index contributed by atoms with van der Waals surface area (Å²) in [6.45, 7) is 2.28. The summed E-state index contributed by atoms with van der Waals surface area (Å²) in [7, 11) is 0. The first-order chi connectivity index (χ1) is 5.74. The lowest BCUT2D eigenvalue weighted by molar-refractivity contribution is 0.0941. The molecule has 0 radical (unpaired) electrons. The molecule has 5 nitrogen and oxygen atoms in total. The molecule has 0 saturated carbocycles. The standard InChI is InChI=1S/C7H12N4O/c1-5(2-8)11-7(12)6-3-9-10-4-6/h3-5H,2,8H2,1H3,(H,9,10)(H,11,12)/t5-/m1/s1. The first-order valence-electron chi connectivity index (χ1n) is 3.73. The molecule has 1 aromatic rings. The minimum absolute atomic E-state index is 0.00704. The molecule has 1 amide bonds. The fraction of sp³-hybridized carbons (Fsp3) is 0.429. The van der Waals surface area contributed by atoms with Gasteiger partial charge in [-0.05, 0) is 6.92 Å². The molecule has 0 saturated heterocycles. The summed E-state index contributed by atoms with van der Waals surface area (Å²) in [6.07, 6.45) is 3.01. The van der Waals surface area contributed by atoms with Crippen molar-refractivity contribution < 1.29 is 4.79 Å². The minimum atomic E-state index is -0.151. The number of aromatic nitrogens is 2. The number of aromatic amines is 1. The van der Waals surface area contributed by atoms with Gasteiger partial charge in [0.1, 0.15) is 0 Å². The van der Waals surface area contributed by atoms with Crippen LogP contribution in [-0.4, -0.2) is 28.7 Å². The third kappa shape index (κ3) is 2.06. The van der Waals surface area contributed by atoms with E-state index in [-0.39, 0.29) is 11.9 Å². The maximum Gasteiger partial charge on any atom is 0.254 e. The lowest BCUT2D eigenvalue weighted by atomic mass is 10.3. The van der Waals surface area contributed by atoms with Gasteiger partial charge in [-0.25, -0.2) is 0 Å². The highest BCUT2D eigenvalue weighted by Gasteiger charge is 2.08. The van der Waals surface area contributed by atoms with Crippen molar-refractivity contribution in [3.8, 4) is 0 Å². The maximum absolute atomic E-state index is 11.2. The maximum atomic E-state index is 11.2. The Morgan fingerprint density at radius 2 is 2.67 bits per heavy atom. The molecule has 0 unspecified atom stereocenters.